The van der Waals surface area contributed by atoms with E-state index in [1.807, 2.05) is 7.05 Å². The van der Waals surface area contributed by atoms with E-state index >= 15 is 0 Å². The van der Waals surface area contributed by atoms with Crippen molar-refractivity contribution < 1.29 is 9.13 Å². The Morgan fingerprint density at radius 1 is 1.50 bits per heavy atom. The maximum Gasteiger partial charge on any atom is 0.131 e. The number of hydrogen-bond donors (Lipinski definition) is 1. The van der Waals surface area contributed by atoms with Crippen LogP contribution in [0, 0.1) is 5.82 Å². The second kappa shape index (κ2) is 5.17. The van der Waals surface area contributed by atoms with Gasteiger partial charge >= 0.3 is 0 Å². The monoisotopic (exact) mass is 217 g/mol. The first-order valence-corrected chi connectivity index (χ1v) is 4.73. The molecule has 0 amide bonds. The molecule has 0 atom stereocenters. The number of hydrogen-bond acceptors (Lipinski definition) is 2. The van der Waals surface area contributed by atoms with Gasteiger partial charge in [0.25, 0.3) is 0 Å². The first-order chi connectivity index (χ1) is 6.69. The van der Waals surface area contributed by atoms with Gasteiger partial charge in [-0.05, 0) is 26.1 Å². The zero-order valence-corrected chi connectivity index (χ0v) is 8.99. The molecule has 1 N–H and O–H groups in total. The summed E-state index contributed by atoms with van der Waals surface area (Å²) in [5.41, 5.74) is 0.529. The maximum atomic E-state index is 13.4. The zero-order valence-electron chi connectivity index (χ0n) is 8.23. The molecule has 0 radical (unpaired) electrons. The molecule has 1 aromatic carbocycles. The van der Waals surface area contributed by atoms with Crippen molar-refractivity contribution in [2.45, 2.75) is 6.42 Å². The smallest absolute Gasteiger partial charge is 0.131 e. The van der Waals surface area contributed by atoms with Crippen molar-refractivity contribution in [3.8, 4) is 5.75 Å². The van der Waals surface area contributed by atoms with Gasteiger partial charge in [0.2, 0.25) is 0 Å². The number of benzene rings is 1. The molecule has 0 spiro atoms. The first kappa shape index (κ1) is 11.3. The summed E-state index contributed by atoms with van der Waals surface area (Å²) >= 11 is 5.90. The van der Waals surface area contributed by atoms with Crippen LogP contribution in [0.15, 0.2) is 12.1 Å². The molecule has 0 fully saturated rings. The molecule has 0 saturated heterocycles. The Labute approximate surface area is 88.0 Å². The Bertz CT molecular complexity index is 294. The molecule has 2 nitrogen and oxygen atoms in total. The number of likely N-dealkylation sites (N-methyl/N-ethyl adjacent to an activating group) is 1. The van der Waals surface area contributed by atoms with Crippen molar-refractivity contribution in [3.05, 3.63) is 28.5 Å². The first-order valence-electron chi connectivity index (χ1n) is 4.35. The van der Waals surface area contributed by atoms with E-state index in [2.05, 4.69) is 5.32 Å². The average molecular weight is 218 g/mol. The quantitative estimate of drug-likeness (QED) is 0.836. The Hall–Kier alpha value is -0.800. The minimum Gasteiger partial charge on any atom is -0.497 e. The van der Waals surface area contributed by atoms with Crippen molar-refractivity contribution in [2.75, 3.05) is 20.7 Å². The molecular weight excluding hydrogens is 205 g/mol. The summed E-state index contributed by atoms with van der Waals surface area (Å²) < 4.78 is 18.3. The predicted molar refractivity (Wildman–Crippen MR) is 55.6 cm³/mol. The predicted octanol–water partition coefficient (Wildman–Crippen LogP) is 2.25. The molecule has 14 heavy (non-hydrogen) atoms. The average Bonchev–Trinajstić information content (AvgIpc) is 2.16. The molecule has 4 heteroatoms. The van der Waals surface area contributed by atoms with Crippen LogP contribution in [0.5, 0.6) is 5.75 Å². The van der Waals surface area contributed by atoms with E-state index in [0.29, 0.717) is 29.3 Å². The zero-order chi connectivity index (χ0) is 10.6. The van der Waals surface area contributed by atoms with Crippen LogP contribution in [0.4, 0.5) is 4.39 Å². The van der Waals surface area contributed by atoms with Gasteiger partial charge in [-0.1, -0.05) is 11.6 Å². The van der Waals surface area contributed by atoms with Crippen molar-refractivity contribution in [3.63, 3.8) is 0 Å². The lowest BCUT2D eigenvalue weighted by atomic mass is 10.1. The summed E-state index contributed by atoms with van der Waals surface area (Å²) in [6.45, 7) is 0.697. The van der Waals surface area contributed by atoms with Gasteiger partial charge < -0.3 is 10.1 Å². The van der Waals surface area contributed by atoms with Gasteiger partial charge in [-0.25, -0.2) is 4.39 Å². The maximum absolute atomic E-state index is 13.4. The molecule has 1 aromatic rings. The van der Waals surface area contributed by atoms with E-state index in [-0.39, 0.29) is 5.82 Å². The largest absolute Gasteiger partial charge is 0.497 e. The molecule has 0 aliphatic rings. The number of halogens is 2. The molecular formula is C10H13ClFNO. The normalized spacial score (nSPS) is 10.3. The van der Waals surface area contributed by atoms with Crippen LogP contribution in [0.2, 0.25) is 5.02 Å². The van der Waals surface area contributed by atoms with Crippen LogP contribution in [-0.2, 0) is 6.42 Å². The van der Waals surface area contributed by atoms with Crippen LogP contribution in [0.1, 0.15) is 5.56 Å². The fourth-order valence-electron chi connectivity index (χ4n) is 1.19. The Kier molecular flexibility index (Phi) is 4.17. The Morgan fingerprint density at radius 2 is 2.21 bits per heavy atom. The highest BCUT2D eigenvalue weighted by atomic mass is 35.5. The van der Waals surface area contributed by atoms with Gasteiger partial charge in [0.15, 0.2) is 0 Å². The van der Waals surface area contributed by atoms with E-state index in [4.69, 9.17) is 16.3 Å². The fraction of sp³-hybridized carbons (Fsp3) is 0.400. The Morgan fingerprint density at radius 3 is 2.71 bits per heavy atom. The Balaban J connectivity index is 2.93. The summed E-state index contributed by atoms with van der Waals surface area (Å²) in [6.07, 6.45) is 0.575. The highest BCUT2D eigenvalue weighted by Gasteiger charge is 2.09. The number of ether oxygens (including phenoxy) is 1. The third-order valence-electron chi connectivity index (χ3n) is 1.98. The summed E-state index contributed by atoms with van der Waals surface area (Å²) in [5, 5.41) is 3.36. The van der Waals surface area contributed by atoms with Crippen molar-refractivity contribution in [2.24, 2.45) is 0 Å². The molecule has 0 unspecified atom stereocenters. The minimum absolute atomic E-state index is 0.315. The second-order valence-electron chi connectivity index (χ2n) is 2.92. The van der Waals surface area contributed by atoms with Gasteiger partial charge in [0.1, 0.15) is 11.6 Å². The van der Waals surface area contributed by atoms with Crippen LogP contribution < -0.4 is 10.1 Å². The van der Waals surface area contributed by atoms with E-state index in [9.17, 15) is 4.39 Å². The molecule has 0 heterocycles. The summed E-state index contributed by atoms with van der Waals surface area (Å²) in [6, 6.07) is 2.96. The molecule has 1 rings (SSSR count). The van der Waals surface area contributed by atoms with Gasteiger partial charge in [-0.15, -0.1) is 0 Å². The minimum atomic E-state index is -0.315. The second-order valence-corrected chi connectivity index (χ2v) is 3.33. The molecule has 78 valence electrons. The molecule has 0 aliphatic carbocycles. The van der Waals surface area contributed by atoms with Gasteiger partial charge in [0.05, 0.1) is 12.1 Å². The number of methoxy groups -OCH3 is 1. The highest BCUT2D eigenvalue weighted by Crippen LogP contribution is 2.25. The third-order valence-corrected chi connectivity index (χ3v) is 2.31. The molecule has 0 bridgehead atoms. The van der Waals surface area contributed by atoms with E-state index in [1.165, 1.54) is 13.2 Å². The van der Waals surface area contributed by atoms with Gasteiger partial charge in [0, 0.05) is 11.6 Å². The summed E-state index contributed by atoms with van der Waals surface area (Å²) in [4.78, 5) is 0. The third kappa shape index (κ3) is 2.59. The van der Waals surface area contributed by atoms with Gasteiger partial charge in [-0.3, -0.25) is 0 Å². The van der Waals surface area contributed by atoms with E-state index in [0.717, 1.165) is 0 Å². The van der Waals surface area contributed by atoms with E-state index < -0.39 is 0 Å². The lowest BCUT2D eigenvalue weighted by Gasteiger charge is -2.07. The fourth-order valence-corrected chi connectivity index (χ4v) is 1.48. The SMILES string of the molecule is CNCCc1c(F)cc(OC)cc1Cl. The van der Waals surface area contributed by atoms with Crippen LogP contribution >= 0.6 is 11.6 Å². The van der Waals surface area contributed by atoms with Crippen LogP contribution in [-0.4, -0.2) is 20.7 Å². The summed E-state index contributed by atoms with van der Waals surface area (Å²) in [5.74, 6) is 0.130. The van der Waals surface area contributed by atoms with Crippen molar-refractivity contribution >= 4 is 11.6 Å². The molecule has 0 aromatic heterocycles. The summed E-state index contributed by atoms with van der Waals surface area (Å²) in [7, 11) is 3.30. The van der Waals surface area contributed by atoms with E-state index in [1.54, 1.807) is 6.07 Å². The molecule has 0 saturated carbocycles. The van der Waals surface area contributed by atoms with Crippen molar-refractivity contribution in [1.29, 1.82) is 0 Å². The number of rotatable bonds is 4. The lowest BCUT2D eigenvalue weighted by molar-refractivity contribution is 0.410. The standard InChI is InChI=1S/C10H13ClFNO/c1-13-4-3-8-9(11)5-7(14-2)6-10(8)12/h5-6,13H,3-4H2,1-2H3. The van der Waals surface area contributed by atoms with Crippen LogP contribution in [0.3, 0.4) is 0 Å². The highest BCUT2D eigenvalue weighted by molar-refractivity contribution is 6.31. The van der Waals surface area contributed by atoms with Gasteiger partial charge in [-0.2, -0.15) is 0 Å². The number of nitrogens with one attached hydrogen (secondary N) is 1. The molecule has 0 aliphatic heterocycles. The van der Waals surface area contributed by atoms with Crippen LogP contribution in [0.25, 0.3) is 0 Å². The van der Waals surface area contributed by atoms with Crippen molar-refractivity contribution in [1.82, 2.24) is 5.32 Å². The lowest BCUT2D eigenvalue weighted by Crippen LogP contribution is -2.11. The topological polar surface area (TPSA) is 21.3 Å².